The molecule has 2 heterocycles. The van der Waals surface area contributed by atoms with E-state index >= 15 is 0 Å². The summed E-state index contributed by atoms with van der Waals surface area (Å²) in [7, 11) is 0. The van der Waals surface area contributed by atoms with Gasteiger partial charge in [0.25, 0.3) is 0 Å². The van der Waals surface area contributed by atoms with Crippen molar-refractivity contribution in [2.24, 2.45) is 0 Å². The number of hydrogen-bond acceptors (Lipinski definition) is 1. The normalized spacial score (nSPS) is 12.9. The topological polar surface area (TPSA) is 51.8 Å². The molecule has 3 heteroatoms. The zero-order valence-electron chi connectivity index (χ0n) is 12.9. The largest absolute Gasteiger partial charge is 0.396 e. The number of para-hydroxylation sites is 2. The van der Waals surface area contributed by atoms with Crippen molar-refractivity contribution in [2.75, 3.05) is 6.61 Å². The van der Waals surface area contributed by atoms with Crippen LogP contribution in [0.3, 0.4) is 0 Å². The fourth-order valence-corrected chi connectivity index (χ4v) is 3.45. The summed E-state index contributed by atoms with van der Waals surface area (Å²) in [5, 5.41) is 12.4. The van der Waals surface area contributed by atoms with Gasteiger partial charge in [0.1, 0.15) is 0 Å². The number of nitrogens with one attached hydrogen (secondary N) is 2. The van der Waals surface area contributed by atoms with E-state index in [9.17, 15) is 5.11 Å². The van der Waals surface area contributed by atoms with Crippen molar-refractivity contribution in [1.82, 2.24) is 9.97 Å². The Balaban J connectivity index is 1.59. The molecule has 0 aliphatic heterocycles. The molecule has 3 nitrogen and oxygen atoms in total. The maximum absolute atomic E-state index is 9.88. The summed E-state index contributed by atoms with van der Waals surface area (Å²) < 4.78 is 0. The molecule has 0 radical (unpaired) electrons. The van der Waals surface area contributed by atoms with Crippen molar-refractivity contribution in [3.63, 3.8) is 0 Å². The fourth-order valence-electron chi connectivity index (χ4n) is 3.45. The molecule has 0 saturated carbocycles. The number of hydrogen-bond donors (Lipinski definition) is 3. The molecular formula is C20H20N2O. The lowest BCUT2D eigenvalue weighted by Crippen LogP contribution is -2.05. The van der Waals surface area contributed by atoms with E-state index in [2.05, 4.69) is 46.5 Å². The van der Waals surface area contributed by atoms with E-state index in [4.69, 9.17) is 0 Å². The molecule has 23 heavy (non-hydrogen) atoms. The first-order chi connectivity index (χ1) is 11.4. The van der Waals surface area contributed by atoms with Crippen LogP contribution in [0.15, 0.2) is 60.9 Å². The highest BCUT2D eigenvalue weighted by molar-refractivity contribution is 5.84. The Bertz CT molecular complexity index is 935. The van der Waals surface area contributed by atoms with Gasteiger partial charge in [-0.05, 0) is 36.1 Å². The number of rotatable bonds is 5. The molecule has 0 aliphatic carbocycles. The molecular weight excluding hydrogens is 284 g/mol. The summed E-state index contributed by atoms with van der Waals surface area (Å²) in [6, 6.07) is 16.6. The average molecular weight is 304 g/mol. The van der Waals surface area contributed by atoms with Gasteiger partial charge in [-0.1, -0.05) is 36.4 Å². The molecule has 0 aliphatic rings. The SMILES string of the molecule is OC[C@@H](CCc1c[nH]c2ccccc12)c1c[nH]c2ccccc12. The number of aromatic nitrogens is 2. The first-order valence-corrected chi connectivity index (χ1v) is 8.08. The van der Waals surface area contributed by atoms with Crippen molar-refractivity contribution in [3.05, 3.63) is 72.1 Å². The summed E-state index contributed by atoms with van der Waals surface area (Å²) in [5.41, 5.74) is 4.84. The van der Waals surface area contributed by atoms with Gasteiger partial charge in [0.15, 0.2) is 0 Å². The summed E-state index contributed by atoms with van der Waals surface area (Å²) >= 11 is 0. The highest BCUT2D eigenvalue weighted by Gasteiger charge is 2.16. The van der Waals surface area contributed by atoms with Gasteiger partial charge in [0.2, 0.25) is 0 Å². The third-order valence-corrected chi connectivity index (χ3v) is 4.72. The molecule has 0 bridgehead atoms. The summed E-state index contributed by atoms with van der Waals surface area (Å²) in [6.45, 7) is 0.171. The molecule has 0 amide bonds. The van der Waals surface area contributed by atoms with Crippen LogP contribution in [0.1, 0.15) is 23.5 Å². The van der Waals surface area contributed by atoms with E-state index in [1.807, 2.05) is 24.4 Å². The van der Waals surface area contributed by atoms with Crippen LogP contribution in [0.25, 0.3) is 21.8 Å². The number of fused-ring (bicyclic) bond motifs is 2. The van der Waals surface area contributed by atoms with Crippen LogP contribution in [0.2, 0.25) is 0 Å². The van der Waals surface area contributed by atoms with E-state index in [1.165, 1.54) is 27.4 Å². The lowest BCUT2D eigenvalue weighted by molar-refractivity contribution is 0.260. The smallest absolute Gasteiger partial charge is 0.0500 e. The number of aromatic amines is 2. The predicted molar refractivity (Wildman–Crippen MR) is 94.7 cm³/mol. The van der Waals surface area contributed by atoms with Gasteiger partial charge in [0, 0.05) is 40.1 Å². The Hall–Kier alpha value is -2.52. The maximum atomic E-state index is 9.88. The van der Waals surface area contributed by atoms with Crippen molar-refractivity contribution in [1.29, 1.82) is 0 Å². The van der Waals surface area contributed by atoms with Crippen LogP contribution in [0.5, 0.6) is 0 Å². The van der Waals surface area contributed by atoms with Crippen LogP contribution < -0.4 is 0 Å². The minimum Gasteiger partial charge on any atom is -0.396 e. The number of aryl methyl sites for hydroxylation is 1. The average Bonchev–Trinajstić information content (AvgIpc) is 3.20. The molecule has 2 aromatic heterocycles. The third kappa shape index (κ3) is 2.53. The van der Waals surface area contributed by atoms with E-state index < -0.39 is 0 Å². The molecule has 4 rings (SSSR count). The van der Waals surface area contributed by atoms with Gasteiger partial charge in [-0.25, -0.2) is 0 Å². The predicted octanol–water partition coefficient (Wildman–Crippen LogP) is 4.36. The zero-order valence-corrected chi connectivity index (χ0v) is 12.9. The van der Waals surface area contributed by atoms with Crippen LogP contribution in [-0.2, 0) is 6.42 Å². The van der Waals surface area contributed by atoms with Crippen LogP contribution in [0, 0.1) is 0 Å². The van der Waals surface area contributed by atoms with Gasteiger partial charge in [-0.2, -0.15) is 0 Å². The lowest BCUT2D eigenvalue weighted by atomic mass is 9.92. The molecule has 1 atom stereocenters. The van der Waals surface area contributed by atoms with E-state index in [0.717, 1.165) is 18.4 Å². The molecule has 0 saturated heterocycles. The lowest BCUT2D eigenvalue weighted by Gasteiger charge is -2.13. The van der Waals surface area contributed by atoms with Crippen molar-refractivity contribution >= 4 is 21.8 Å². The summed E-state index contributed by atoms with van der Waals surface area (Å²) in [4.78, 5) is 6.63. The first kappa shape index (κ1) is 14.1. The molecule has 0 fully saturated rings. The van der Waals surface area contributed by atoms with Gasteiger partial charge in [0.05, 0.1) is 6.61 Å². The third-order valence-electron chi connectivity index (χ3n) is 4.72. The van der Waals surface area contributed by atoms with Gasteiger partial charge < -0.3 is 15.1 Å². The van der Waals surface area contributed by atoms with Crippen LogP contribution in [-0.4, -0.2) is 21.7 Å². The fraction of sp³-hybridized carbons (Fsp3) is 0.200. The van der Waals surface area contributed by atoms with Crippen LogP contribution >= 0.6 is 0 Å². The Morgan fingerprint density at radius 3 is 2.26 bits per heavy atom. The standard InChI is InChI=1S/C20H20N2O/c23-13-15(18-12-22-20-8-4-2-6-17(18)20)10-9-14-11-21-19-7-3-1-5-16(14)19/h1-8,11-12,15,21-23H,9-10,13H2/t15-/m1/s1. The van der Waals surface area contributed by atoms with E-state index in [0.29, 0.717) is 0 Å². The molecule has 2 aromatic carbocycles. The molecule has 0 spiro atoms. The van der Waals surface area contributed by atoms with Crippen molar-refractivity contribution < 1.29 is 5.11 Å². The van der Waals surface area contributed by atoms with Crippen molar-refractivity contribution in [3.8, 4) is 0 Å². The minimum absolute atomic E-state index is 0.153. The second kappa shape index (κ2) is 5.94. The Morgan fingerprint density at radius 1 is 0.826 bits per heavy atom. The van der Waals surface area contributed by atoms with E-state index in [-0.39, 0.29) is 12.5 Å². The van der Waals surface area contributed by atoms with Gasteiger partial charge >= 0.3 is 0 Å². The Labute approximate surface area is 135 Å². The Kier molecular flexibility index (Phi) is 3.64. The van der Waals surface area contributed by atoms with Crippen molar-refractivity contribution in [2.45, 2.75) is 18.8 Å². The highest BCUT2D eigenvalue weighted by Crippen LogP contribution is 2.29. The maximum Gasteiger partial charge on any atom is 0.0500 e. The second-order valence-electron chi connectivity index (χ2n) is 6.07. The van der Waals surface area contributed by atoms with Gasteiger partial charge in [-0.15, -0.1) is 0 Å². The monoisotopic (exact) mass is 304 g/mol. The molecule has 4 aromatic rings. The van der Waals surface area contributed by atoms with E-state index in [1.54, 1.807) is 0 Å². The summed E-state index contributed by atoms with van der Waals surface area (Å²) in [6.07, 6.45) is 6.02. The number of H-pyrrole nitrogens is 2. The van der Waals surface area contributed by atoms with Gasteiger partial charge in [-0.3, -0.25) is 0 Å². The zero-order chi connectivity index (χ0) is 15.6. The number of aliphatic hydroxyl groups excluding tert-OH is 1. The minimum atomic E-state index is 0.153. The number of aliphatic hydroxyl groups is 1. The summed E-state index contributed by atoms with van der Waals surface area (Å²) in [5.74, 6) is 0.153. The number of benzene rings is 2. The second-order valence-corrected chi connectivity index (χ2v) is 6.07. The quantitative estimate of drug-likeness (QED) is 0.504. The molecule has 0 unspecified atom stereocenters. The first-order valence-electron chi connectivity index (χ1n) is 8.08. The molecule has 3 N–H and O–H groups in total. The van der Waals surface area contributed by atoms with Crippen LogP contribution in [0.4, 0.5) is 0 Å². The Morgan fingerprint density at radius 2 is 1.48 bits per heavy atom. The highest BCUT2D eigenvalue weighted by atomic mass is 16.3. The molecule has 116 valence electrons.